The number of benzene rings is 2. The highest BCUT2D eigenvalue weighted by atomic mass is 79.9. The molecule has 2 heterocycles. The van der Waals surface area contributed by atoms with E-state index in [9.17, 15) is 4.79 Å². The maximum Gasteiger partial charge on any atom is 0.286 e. The summed E-state index contributed by atoms with van der Waals surface area (Å²) in [6.45, 7) is 4.73. The molecule has 138 valence electrons. The largest absolute Gasteiger partial charge is 0.348 e. The van der Waals surface area contributed by atoms with Gasteiger partial charge in [0.25, 0.3) is 5.91 Å². The Morgan fingerprint density at radius 3 is 2.56 bits per heavy atom. The number of hydrogen-bond acceptors (Lipinski definition) is 4. The number of piperazine rings is 1. The lowest BCUT2D eigenvalue weighted by Crippen LogP contribution is -2.47. The van der Waals surface area contributed by atoms with Gasteiger partial charge in [-0.1, -0.05) is 58.4 Å². The van der Waals surface area contributed by atoms with Crippen molar-refractivity contribution >= 4 is 44.8 Å². The number of amides is 1. The molecule has 2 aromatic rings. The summed E-state index contributed by atoms with van der Waals surface area (Å²) in [5.74, 6) is -0.137. The van der Waals surface area contributed by atoms with Crippen LogP contribution < -0.4 is 0 Å². The van der Waals surface area contributed by atoms with Crippen molar-refractivity contribution in [2.24, 2.45) is 4.99 Å². The lowest BCUT2D eigenvalue weighted by Gasteiger charge is -2.35. The average Bonchev–Trinajstić information content (AvgIpc) is 3.04. The molecule has 1 saturated heterocycles. The monoisotopic (exact) mass is 441 g/mol. The first-order valence-electron chi connectivity index (χ1n) is 8.97. The van der Waals surface area contributed by atoms with E-state index in [2.05, 4.69) is 55.0 Å². The van der Waals surface area contributed by atoms with Crippen LogP contribution in [0.5, 0.6) is 0 Å². The van der Waals surface area contributed by atoms with E-state index in [0.717, 1.165) is 47.9 Å². The topological polar surface area (TPSA) is 35.9 Å². The van der Waals surface area contributed by atoms with Gasteiger partial charge in [-0.15, -0.1) is 0 Å². The zero-order valence-corrected chi connectivity index (χ0v) is 17.2. The van der Waals surface area contributed by atoms with Crippen LogP contribution in [0.4, 0.5) is 0 Å². The Morgan fingerprint density at radius 1 is 1.04 bits per heavy atom. The van der Waals surface area contributed by atoms with Gasteiger partial charge in [-0.3, -0.25) is 9.69 Å². The third-order valence-electron chi connectivity index (χ3n) is 4.65. The first kappa shape index (κ1) is 18.5. The number of carbonyl (C=O) groups is 1. The molecule has 2 aliphatic heterocycles. The predicted octanol–water partition coefficient (Wildman–Crippen LogP) is 4.24. The minimum atomic E-state index is -0.137. The molecule has 0 saturated carbocycles. The van der Waals surface area contributed by atoms with Gasteiger partial charge in [0.05, 0.1) is 4.91 Å². The summed E-state index contributed by atoms with van der Waals surface area (Å²) in [6.07, 6.45) is 1.92. The molecule has 0 aromatic heterocycles. The number of carbonyl (C=O) groups excluding carboxylic acids is 1. The van der Waals surface area contributed by atoms with Crippen LogP contribution in [-0.2, 0) is 11.3 Å². The van der Waals surface area contributed by atoms with Gasteiger partial charge in [0.15, 0.2) is 5.17 Å². The Hall–Kier alpha value is -1.89. The van der Waals surface area contributed by atoms with Crippen LogP contribution in [0.15, 0.2) is 69.0 Å². The van der Waals surface area contributed by atoms with Gasteiger partial charge in [0.1, 0.15) is 0 Å². The molecule has 4 nitrogen and oxygen atoms in total. The Balaban J connectivity index is 1.35. The van der Waals surface area contributed by atoms with Crippen LogP contribution in [0.25, 0.3) is 6.08 Å². The molecule has 1 fully saturated rings. The number of amidine groups is 1. The maximum absolute atomic E-state index is 12.3. The highest BCUT2D eigenvalue weighted by molar-refractivity contribution is 9.10. The smallest absolute Gasteiger partial charge is 0.286 e. The fraction of sp³-hybridized carbons (Fsp3) is 0.238. The Morgan fingerprint density at radius 2 is 1.81 bits per heavy atom. The SMILES string of the molecule is O=C1N=C(N2CCN(Cc3ccccc3)CC2)S/C1=C/c1cccc(Br)c1. The molecular formula is C21H20BrN3OS. The van der Waals surface area contributed by atoms with Crippen molar-refractivity contribution in [2.45, 2.75) is 6.54 Å². The van der Waals surface area contributed by atoms with Crippen molar-refractivity contribution < 1.29 is 4.79 Å². The quantitative estimate of drug-likeness (QED) is 0.667. The van der Waals surface area contributed by atoms with Crippen molar-refractivity contribution in [1.82, 2.24) is 9.80 Å². The Bertz CT molecular complexity index is 889. The number of thioether (sulfide) groups is 1. The number of hydrogen-bond donors (Lipinski definition) is 0. The average molecular weight is 442 g/mol. The Kier molecular flexibility index (Phi) is 5.76. The second-order valence-electron chi connectivity index (χ2n) is 6.61. The van der Waals surface area contributed by atoms with Gasteiger partial charge in [0.2, 0.25) is 0 Å². The molecule has 27 heavy (non-hydrogen) atoms. The third-order valence-corrected chi connectivity index (χ3v) is 6.19. The lowest BCUT2D eigenvalue weighted by atomic mass is 10.2. The number of aliphatic imine (C=N–C) groups is 1. The van der Waals surface area contributed by atoms with E-state index in [4.69, 9.17) is 0 Å². The van der Waals surface area contributed by atoms with E-state index in [1.165, 1.54) is 17.3 Å². The molecule has 6 heteroatoms. The van der Waals surface area contributed by atoms with Gasteiger partial charge in [0, 0.05) is 37.2 Å². The minimum absolute atomic E-state index is 0.137. The zero-order chi connectivity index (χ0) is 18.6. The summed E-state index contributed by atoms with van der Waals surface area (Å²) >= 11 is 4.95. The molecule has 0 aliphatic carbocycles. The van der Waals surface area contributed by atoms with Crippen molar-refractivity contribution in [2.75, 3.05) is 26.2 Å². The first-order chi connectivity index (χ1) is 13.2. The van der Waals surface area contributed by atoms with Gasteiger partial charge < -0.3 is 4.90 Å². The third kappa shape index (κ3) is 4.69. The molecule has 2 aromatic carbocycles. The highest BCUT2D eigenvalue weighted by Crippen LogP contribution is 2.31. The van der Waals surface area contributed by atoms with Crippen molar-refractivity contribution in [3.63, 3.8) is 0 Å². The minimum Gasteiger partial charge on any atom is -0.348 e. The van der Waals surface area contributed by atoms with Crippen LogP contribution >= 0.6 is 27.7 Å². The van der Waals surface area contributed by atoms with E-state index in [-0.39, 0.29) is 5.91 Å². The summed E-state index contributed by atoms with van der Waals surface area (Å²) in [7, 11) is 0. The van der Waals surface area contributed by atoms with Crippen LogP contribution in [0.1, 0.15) is 11.1 Å². The van der Waals surface area contributed by atoms with Crippen molar-refractivity contribution in [3.05, 3.63) is 75.1 Å². The first-order valence-corrected chi connectivity index (χ1v) is 10.6. The summed E-state index contributed by atoms with van der Waals surface area (Å²) in [4.78, 5) is 22.0. The van der Waals surface area contributed by atoms with Gasteiger partial charge in [-0.25, -0.2) is 0 Å². The maximum atomic E-state index is 12.3. The van der Waals surface area contributed by atoms with Crippen molar-refractivity contribution in [1.29, 1.82) is 0 Å². The lowest BCUT2D eigenvalue weighted by molar-refractivity contribution is -0.113. The predicted molar refractivity (Wildman–Crippen MR) is 115 cm³/mol. The second-order valence-corrected chi connectivity index (χ2v) is 8.54. The van der Waals surface area contributed by atoms with E-state index in [1.807, 2.05) is 36.4 Å². The molecule has 0 unspecified atom stereocenters. The molecule has 4 rings (SSSR count). The molecule has 0 N–H and O–H groups in total. The van der Waals surface area contributed by atoms with Gasteiger partial charge in [-0.05, 0) is 41.1 Å². The van der Waals surface area contributed by atoms with Gasteiger partial charge >= 0.3 is 0 Å². The molecule has 0 radical (unpaired) electrons. The van der Waals surface area contributed by atoms with Crippen molar-refractivity contribution in [3.8, 4) is 0 Å². The fourth-order valence-corrected chi connectivity index (χ4v) is 4.60. The summed E-state index contributed by atoms with van der Waals surface area (Å²) < 4.78 is 1.00. The van der Waals surface area contributed by atoms with E-state index < -0.39 is 0 Å². The molecule has 0 bridgehead atoms. The van der Waals surface area contributed by atoms with Crippen LogP contribution in [0.3, 0.4) is 0 Å². The van der Waals surface area contributed by atoms with Gasteiger partial charge in [-0.2, -0.15) is 4.99 Å². The second kappa shape index (κ2) is 8.42. The molecule has 1 amide bonds. The summed E-state index contributed by atoms with van der Waals surface area (Å²) in [5, 5.41) is 0.834. The van der Waals surface area contributed by atoms with E-state index >= 15 is 0 Å². The fourth-order valence-electron chi connectivity index (χ4n) is 3.22. The molecule has 0 atom stereocenters. The van der Waals surface area contributed by atoms with Crippen LogP contribution in [-0.4, -0.2) is 47.1 Å². The highest BCUT2D eigenvalue weighted by Gasteiger charge is 2.28. The van der Waals surface area contributed by atoms with E-state index in [0.29, 0.717) is 4.91 Å². The number of halogens is 1. The Labute approximate surface area is 172 Å². The normalized spacial score (nSPS) is 19.6. The number of rotatable bonds is 3. The molecular weight excluding hydrogens is 422 g/mol. The van der Waals surface area contributed by atoms with E-state index in [1.54, 1.807) is 0 Å². The molecule has 0 spiro atoms. The standard InChI is InChI=1S/C21H20BrN3OS/c22-18-8-4-7-17(13-18)14-19-20(26)23-21(27-19)25-11-9-24(10-12-25)15-16-5-2-1-3-6-16/h1-8,13-14H,9-12,15H2/b19-14+. The zero-order valence-electron chi connectivity index (χ0n) is 14.8. The van der Waals surface area contributed by atoms with Crippen LogP contribution in [0.2, 0.25) is 0 Å². The summed E-state index contributed by atoms with van der Waals surface area (Å²) in [5.41, 5.74) is 2.34. The molecule has 2 aliphatic rings. The summed E-state index contributed by atoms with van der Waals surface area (Å²) in [6, 6.07) is 18.5. The van der Waals surface area contributed by atoms with Crippen LogP contribution in [0, 0.1) is 0 Å². The number of nitrogens with zero attached hydrogens (tertiary/aromatic N) is 3.